The van der Waals surface area contributed by atoms with Crippen molar-refractivity contribution in [1.29, 1.82) is 0 Å². The Morgan fingerprint density at radius 1 is 1.40 bits per heavy atom. The Morgan fingerprint density at radius 3 is 2.73 bits per heavy atom. The minimum Gasteiger partial charge on any atom is -0.453 e. The molecule has 0 atom stereocenters. The number of hydrogen-bond acceptors (Lipinski definition) is 2. The fourth-order valence-electron chi connectivity index (χ4n) is 1.81. The summed E-state index contributed by atoms with van der Waals surface area (Å²) in [5.74, 6) is 0.706. The molecule has 1 heterocycles. The van der Waals surface area contributed by atoms with Gasteiger partial charge in [0.25, 0.3) is 0 Å². The maximum atomic E-state index is 10.9. The average molecular weight is 267 g/mol. The van der Waals surface area contributed by atoms with Crippen molar-refractivity contribution in [2.45, 2.75) is 19.8 Å². The van der Waals surface area contributed by atoms with Crippen LogP contribution in [-0.2, 0) is 0 Å². The van der Waals surface area contributed by atoms with E-state index in [-0.39, 0.29) is 5.92 Å². The Kier molecular flexibility index (Phi) is 2.65. The lowest BCUT2D eigenvalue weighted by atomic mass is 10.00. The molecule has 0 unspecified atom stereocenters. The molecule has 0 saturated carbocycles. The zero-order chi connectivity index (χ0) is 11.0. The van der Waals surface area contributed by atoms with Gasteiger partial charge >= 0.3 is 0 Å². The van der Waals surface area contributed by atoms with Gasteiger partial charge in [0.1, 0.15) is 5.58 Å². The number of halogens is 1. The van der Waals surface area contributed by atoms with Crippen LogP contribution in [0.2, 0.25) is 0 Å². The molecule has 0 aliphatic rings. The highest BCUT2D eigenvalue weighted by molar-refractivity contribution is 9.10. The number of furan rings is 1. The van der Waals surface area contributed by atoms with Crippen LogP contribution in [-0.4, -0.2) is 6.29 Å². The van der Waals surface area contributed by atoms with E-state index in [2.05, 4.69) is 29.8 Å². The number of rotatable bonds is 2. The SMILES string of the molecule is CC(C)c1c(C=O)oc2cccc(Br)c12. The van der Waals surface area contributed by atoms with Gasteiger partial charge in [0.05, 0.1) is 0 Å². The van der Waals surface area contributed by atoms with Crippen molar-refractivity contribution in [1.82, 2.24) is 0 Å². The second-order valence-corrected chi connectivity index (χ2v) is 4.62. The molecule has 15 heavy (non-hydrogen) atoms. The Morgan fingerprint density at radius 2 is 2.13 bits per heavy atom. The van der Waals surface area contributed by atoms with Crippen LogP contribution in [0, 0.1) is 0 Å². The van der Waals surface area contributed by atoms with Crippen molar-refractivity contribution in [3.8, 4) is 0 Å². The van der Waals surface area contributed by atoms with Crippen molar-refractivity contribution in [3.63, 3.8) is 0 Å². The number of carbonyl (C=O) groups is 1. The molecule has 0 N–H and O–H groups in total. The fourth-order valence-corrected chi connectivity index (χ4v) is 2.37. The first kappa shape index (κ1) is 10.4. The third kappa shape index (κ3) is 1.61. The molecule has 1 aromatic carbocycles. The first-order valence-electron chi connectivity index (χ1n) is 4.81. The van der Waals surface area contributed by atoms with Gasteiger partial charge in [-0.3, -0.25) is 4.79 Å². The predicted molar refractivity (Wildman–Crippen MR) is 63.4 cm³/mol. The van der Waals surface area contributed by atoms with Gasteiger partial charge in [-0.05, 0) is 18.1 Å². The Balaban J connectivity index is 2.88. The highest BCUT2D eigenvalue weighted by Crippen LogP contribution is 2.35. The fraction of sp³-hybridized carbons (Fsp3) is 0.250. The highest BCUT2D eigenvalue weighted by Gasteiger charge is 2.18. The van der Waals surface area contributed by atoms with E-state index in [0.29, 0.717) is 5.76 Å². The molecular formula is C12H11BrO2. The first-order valence-corrected chi connectivity index (χ1v) is 5.60. The topological polar surface area (TPSA) is 30.2 Å². The summed E-state index contributed by atoms with van der Waals surface area (Å²) in [6.07, 6.45) is 0.780. The smallest absolute Gasteiger partial charge is 0.185 e. The lowest BCUT2D eigenvalue weighted by molar-refractivity contribution is 0.110. The lowest BCUT2D eigenvalue weighted by Crippen LogP contribution is -1.90. The molecular weight excluding hydrogens is 256 g/mol. The van der Waals surface area contributed by atoms with Crippen molar-refractivity contribution in [2.24, 2.45) is 0 Å². The molecule has 0 saturated heterocycles. The molecule has 0 amide bonds. The van der Waals surface area contributed by atoms with Gasteiger partial charge in [0.15, 0.2) is 12.0 Å². The summed E-state index contributed by atoms with van der Waals surface area (Å²) in [6.45, 7) is 4.10. The van der Waals surface area contributed by atoms with E-state index in [1.807, 2.05) is 18.2 Å². The molecule has 2 aromatic rings. The van der Waals surface area contributed by atoms with Crippen LogP contribution in [0.1, 0.15) is 35.9 Å². The highest BCUT2D eigenvalue weighted by atomic mass is 79.9. The zero-order valence-corrected chi connectivity index (χ0v) is 10.2. The third-order valence-electron chi connectivity index (χ3n) is 2.41. The second kappa shape index (κ2) is 3.81. The van der Waals surface area contributed by atoms with E-state index in [4.69, 9.17) is 4.42 Å². The van der Waals surface area contributed by atoms with Gasteiger partial charge in [-0.15, -0.1) is 0 Å². The molecule has 0 aliphatic heterocycles. The molecule has 0 fully saturated rings. The van der Waals surface area contributed by atoms with Crippen LogP contribution in [0.3, 0.4) is 0 Å². The van der Waals surface area contributed by atoms with E-state index in [0.717, 1.165) is 27.3 Å². The number of hydrogen-bond donors (Lipinski definition) is 0. The quantitative estimate of drug-likeness (QED) is 0.766. The maximum absolute atomic E-state index is 10.9. The van der Waals surface area contributed by atoms with E-state index in [1.165, 1.54) is 0 Å². The number of aldehydes is 1. The summed E-state index contributed by atoms with van der Waals surface area (Å²) >= 11 is 3.48. The number of benzene rings is 1. The summed E-state index contributed by atoms with van der Waals surface area (Å²) in [7, 11) is 0. The van der Waals surface area contributed by atoms with Gasteiger partial charge in [0, 0.05) is 15.4 Å². The largest absolute Gasteiger partial charge is 0.453 e. The van der Waals surface area contributed by atoms with Crippen molar-refractivity contribution >= 4 is 33.2 Å². The first-order chi connectivity index (χ1) is 7.15. The van der Waals surface area contributed by atoms with Crippen LogP contribution >= 0.6 is 15.9 Å². The summed E-state index contributed by atoms with van der Waals surface area (Å²) < 4.78 is 6.47. The monoisotopic (exact) mass is 266 g/mol. The Labute approximate surface area is 96.4 Å². The summed E-state index contributed by atoms with van der Waals surface area (Å²) in [5.41, 5.74) is 1.74. The van der Waals surface area contributed by atoms with E-state index in [9.17, 15) is 4.79 Å². The van der Waals surface area contributed by atoms with Crippen LogP contribution in [0.5, 0.6) is 0 Å². The zero-order valence-electron chi connectivity index (χ0n) is 8.58. The lowest BCUT2D eigenvalue weighted by Gasteiger charge is -2.03. The molecule has 2 nitrogen and oxygen atoms in total. The van der Waals surface area contributed by atoms with Crippen LogP contribution in [0.4, 0.5) is 0 Å². The van der Waals surface area contributed by atoms with Crippen molar-refractivity contribution in [3.05, 3.63) is 34.0 Å². The minimum atomic E-state index is 0.269. The Bertz CT molecular complexity index is 512. The standard InChI is InChI=1S/C12H11BrO2/c1-7(2)11-10(6-14)15-9-5-3-4-8(13)12(9)11/h3-7H,1-2H3. The molecule has 3 heteroatoms. The minimum absolute atomic E-state index is 0.269. The molecule has 0 aliphatic carbocycles. The average Bonchev–Trinajstić information content (AvgIpc) is 2.57. The number of fused-ring (bicyclic) bond motifs is 1. The van der Waals surface area contributed by atoms with E-state index >= 15 is 0 Å². The normalized spacial score (nSPS) is 11.2. The molecule has 78 valence electrons. The molecule has 2 rings (SSSR count). The summed E-state index contributed by atoms with van der Waals surface area (Å²) in [4.78, 5) is 10.9. The van der Waals surface area contributed by atoms with Crippen LogP contribution < -0.4 is 0 Å². The van der Waals surface area contributed by atoms with Gasteiger partial charge in [0.2, 0.25) is 0 Å². The predicted octanol–water partition coefficient (Wildman–Crippen LogP) is 4.13. The van der Waals surface area contributed by atoms with Gasteiger partial charge in [-0.25, -0.2) is 0 Å². The summed E-state index contributed by atoms with van der Waals surface area (Å²) in [6, 6.07) is 5.73. The van der Waals surface area contributed by atoms with Crippen molar-refractivity contribution < 1.29 is 9.21 Å². The Hall–Kier alpha value is -1.09. The number of carbonyl (C=O) groups excluding carboxylic acids is 1. The van der Waals surface area contributed by atoms with E-state index < -0.39 is 0 Å². The van der Waals surface area contributed by atoms with E-state index in [1.54, 1.807) is 0 Å². The van der Waals surface area contributed by atoms with Crippen molar-refractivity contribution in [2.75, 3.05) is 0 Å². The third-order valence-corrected chi connectivity index (χ3v) is 3.08. The van der Waals surface area contributed by atoms with Crippen LogP contribution in [0.25, 0.3) is 11.0 Å². The van der Waals surface area contributed by atoms with Crippen LogP contribution in [0.15, 0.2) is 27.1 Å². The molecule has 0 bridgehead atoms. The summed E-state index contributed by atoms with van der Waals surface area (Å²) in [5, 5.41) is 1.01. The van der Waals surface area contributed by atoms with Gasteiger partial charge in [-0.2, -0.15) is 0 Å². The van der Waals surface area contributed by atoms with Gasteiger partial charge < -0.3 is 4.42 Å². The molecule has 1 aromatic heterocycles. The molecule has 0 radical (unpaired) electrons. The second-order valence-electron chi connectivity index (χ2n) is 3.77. The van der Waals surface area contributed by atoms with Gasteiger partial charge in [-0.1, -0.05) is 35.8 Å². The maximum Gasteiger partial charge on any atom is 0.185 e. The molecule has 0 spiro atoms.